The summed E-state index contributed by atoms with van der Waals surface area (Å²) in [5, 5.41) is 15.6. The van der Waals surface area contributed by atoms with Crippen molar-refractivity contribution in [3.05, 3.63) is 17.0 Å². The molecule has 0 spiro atoms. The highest BCUT2D eigenvalue weighted by molar-refractivity contribution is 6.18. The summed E-state index contributed by atoms with van der Waals surface area (Å²) < 4.78 is 1.69. The molecule has 1 aromatic heterocycles. The Bertz CT molecular complexity index is 330. The van der Waals surface area contributed by atoms with Crippen LogP contribution >= 0.6 is 11.6 Å². The lowest BCUT2D eigenvalue weighted by Gasteiger charge is -2.05. The third-order valence-electron chi connectivity index (χ3n) is 1.90. The van der Waals surface area contributed by atoms with Crippen molar-refractivity contribution in [3.8, 4) is 0 Å². The van der Waals surface area contributed by atoms with Crippen LogP contribution in [0.15, 0.2) is 5.16 Å². The first-order valence-electron chi connectivity index (χ1n) is 3.95. The number of hydrogen-bond acceptors (Lipinski definition) is 3. The molecule has 1 N–H and O–H groups in total. The van der Waals surface area contributed by atoms with Gasteiger partial charge in [-0.1, -0.05) is 16.8 Å². The maximum Gasteiger partial charge on any atom is 0.123 e. The molecular formula is C8H12ClN3O. The summed E-state index contributed by atoms with van der Waals surface area (Å²) in [4.78, 5) is 0. The number of hydrogen-bond donors (Lipinski definition) is 1. The zero-order chi connectivity index (χ0) is 10.0. The molecule has 4 nitrogen and oxygen atoms in total. The number of rotatable bonds is 2. The average molecular weight is 202 g/mol. The second-order valence-electron chi connectivity index (χ2n) is 2.85. The van der Waals surface area contributed by atoms with E-state index in [9.17, 15) is 0 Å². The van der Waals surface area contributed by atoms with Crippen LogP contribution in [0.1, 0.15) is 29.4 Å². The molecule has 5 heteroatoms. The van der Waals surface area contributed by atoms with Crippen molar-refractivity contribution in [2.75, 3.05) is 0 Å². The molecule has 0 aromatic carbocycles. The Morgan fingerprint density at radius 3 is 2.62 bits per heavy atom. The minimum Gasteiger partial charge on any atom is -0.411 e. The molecule has 0 bridgehead atoms. The second kappa shape index (κ2) is 3.79. The Kier molecular flexibility index (Phi) is 2.93. The van der Waals surface area contributed by atoms with Gasteiger partial charge in [0.25, 0.3) is 0 Å². The van der Waals surface area contributed by atoms with E-state index in [4.69, 9.17) is 16.8 Å². The first-order valence-corrected chi connectivity index (χ1v) is 4.38. The summed E-state index contributed by atoms with van der Waals surface area (Å²) in [6.45, 7) is 5.57. The lowest BCUT2D eigenvalue weighted by Crippen LogP contribution is -2.03. The molecule has 1 rings (SSSR count). The van der Waals surface area contributed by atoms with Gasteiger partial charge in [-0.05, 0) is 20.8 Å². The van der Waals surface area contributed by atoms with Gasteiger partial charge < -0.3 is 5.21 Å². The summed E-state index contributed by atoms with van der Waals surface area (Å²) in [5.74, 6) is 0. The van der Waals surface area contributed by atoms with Crippen molar-refractivity contribution in [2.24, 2.45) is 5.16 Å². The van der Waals surface area contributed by atoms with Crippen LogP contribution in [0.25, 0.3) is 0 Å². The van der Waals surface area contributed by atoms with Gasteiger partial charge in [-0.25, -0.2) is 0 Å². The first kappa shape index (κ1) is 10.1. The van der Waals surface area contributed by atoms with Gasteiger partial charge in [-0.3, -0.25) is 4.68 Å². The zero-order valence-corrected chi connectivity index (χ0v) is 8.58. The van der Waals surface area contributed by atoms with Crippen molar-refractivity contribution in [3.63, 3.8) is 0 Å². The lowest BCUT2D eigenvalue weighted by molar-refractivity contribution is 0.322. The van der Waals surface area contributed by atoms with E-state index in [0.29, 0.717) is 0 Å². The van der Waals surface area contributed by atoms with E-state index < -0.39 is 0 Å². The van der Waals surface area contributed by atoms with Crippen molar-refractivity contribution < 1.29 is 5.21 Å². The predicted molar refractivity (Wildman–Crippen MR) is 51.6 cm³/mol. The van der Waals surface area contributed by atoms with Crippen molar-refractivity contribution in [1.82, 2.24) is 9.78 Å². The molecule has 0 fully saturated rings. The van der Waals surface area contributed by atoms with Gasteiger partial charge in [0.15, 0.2) is 0 Å². The highest BCUT2D eigenvalue weighted by atomic mass is 35.5. The van der Waals surface area contributed by atoms with Gasteiger partial charge in [0.2, 0.25) is 0 Å². The molecule has 72 valence electrons. The molecule has 13 heavy (non-hydrogen) atoms. The van der Waals surface area contributed by atoms with Crippen LogP contribution in [-0.4, -0.2) is 21.2 Å². The van der Waals surface area contributed by atoms with Crippen molar-refractivity contribution >= 4 is 17.8 Å². The monoisotopic (exact) mass is 201 g/mol. The Balaban J connectivity index is 3.22. The van der Waals surface area contributed by atoms with Crippen LogP contribution in [0.3, 0.4) is 0 Å². The molecule has 1 heterocycles. The third kappa shape index (κ3) is 1.83. The van der Waals surface area contributed by atoms with E-state index in [1.54, 1.807) is 4.68 Å². The number of nitrogens with zero attached hydrogens (tertiary/aromatic N) is 3. The SMILES string of the molecule is Cc1nn(C(C)Cl)c(C)c1C=NO. The first-order chi connectivity index (χ1) is 6.07. The van der Waals surface area contributed by atoms with E-state index in [0.717, 1.165) is 17.0 Å². The zero-order valence-electron chi connectivity index (χ0n) is 7.82. The van der Waals surface area contributed by atoms with Crippen LogP contribution in [0.5, 0.6) is 0 Å². The summed E-state index contributed by atoms with van der Waals surface area (Å²) in [6.07, 6.45) is 1.37. The summed E-state index contributed by atoms with van der Waals surface area (Å²) in [7, 11) is 0. The molecule has 1 unspecified atom stereocenters. The maximum atomic E-state index is 8.42. The van der Waals surface area contributed by atoms with E-state index in [1.165, 1.54) is 6.21 Å². The second-order valence-corrected chi connectivity index (χ2v) is 3.48. The number of oxime groups is 1. The van der Waals surface area contributed by atoms with Crippen LogP contribution < -0.4 is 0 Å². The summed E-state index contributed by atoms with van der Waals surface area (Å²) in [6, 6.07) is 0. The van der Waals surface area contributed by atoms with Crippen molar-refractivity contribution in [2.45, 2.75) is 26.3 Å². The number of alkyl halides is 1. The average Bonchev–Trinajstić information content (AvgIpc) is 2.32. The van der Waals surface area contributed by atoms with E-state index in [-0.39, 0.29) is 5.50 Å². The van der Waals surface area contributed by atoms with Gasteiger partial charge in [0.1, 0.15) is 5.50 Å². The summed E-state index contributed by atoms with van der Waals surface area (Å²) >= 11 is 5.89. The molecule has 0 aliphatic rings. The standard InChI is InChI=1S/C8H12ClN3O/c1-5-8(4-10-13)6(2)12(11-5)7(3)9/h4,7,13H,1-3H3. The van der Waals surface area contributed by atoms with Gasteiger partial charge in [0.05, 0.1) is 11.9 Å². The minimum absolute atomic E-state index is 0.195. The van der Waals surface area contributed by atoms with Gasteiger partial charge in [-0.15, -0.1) is 0 Å². The van der Waals surface area contributed by atoms with Crippen LogP contribution in [-0.2, 0) is 0 Å². The fourth-order valence-electron chi connectivity index (χ4n) is 1.27. The highest BCUT2D eigenvalue weighted by Crippen LogP contribution is 2.17. The minimum atomic E-state index is -0.195. The molecule has 0 aliphatic heterocycles. The van der Waals surface area contributed by atoms with Gasteiger partial charge in [-0.2, -0.15) is 5.10 Å². The highest BCUT2D eigenvalue weighted by Gasteiger charge is 2.12. The number of aryl methyl sites for hydroxylation is 1. The van der Waals surface area contributed by atoms with Crippen molar-refractivity contribution in [1.29, 1.82) is 0 Å². The van der Waals surface area contributed by atoms with Gasteiger partial charge >= 0.3 is 0 Å². The molecule has 1 aromatic rings. The van der Waals surface area contributed by atoms with E-state index in [1.807, 2.05) is 20.8 Å². The fourth-order valence-corrected chi connectivity index (χ4v) is 1.46. The van der Waals surface area contributed by atoms with Crippen LogP contribution in [0.2, 0.25) is 0 Å². The normalized spacial score (nSPS) is 13.8. The predicted octanol–water partition coefficient (Wildman–Crippen LogP) is 2.07. The van der Waals surface area contributed by atoms with Gasteiger partial charge in [0, 0.05) is 11.3 Å². The Labute approximate surface area is 81.8 Å². The third-order valence-corrected chi connectivity index (χ3v) is 2.09. The van der Waals surface area contributed by atoms with Crippen LogP contribution in [0.4, 0.5) is 0 Å². The molecule has 0 saturated carbocycles. The maximum absolute atomic E-state index is 8.42. The molecule has 0 radical (unpaired) electrons. The van der Waals surface area contributed by atoms with E-state index >= 15 is 0 Å². The molecule has 0 aliphatic carbocycles. The topological polar surface area (TPSA) is 50.4 Å². The Morgan fingerprint density at radius 2 is 2.23 bits per heavy atom. The van der Waals surface area contributed by atoms with E-state index in [2.05, 4.69) is 10.3 Å². The molecule has 0 amide bonds. The lowest BCUT2D eigenvalue weighted by atomic mass is 10.2. The molecule has 1 atom stereocenters. The summed E-state index contributed by atoms with van der Waals surface area (Å²) in [5.41, 5.74) is 2.33. The largest absolute Gasteiger partial charge is 0.411 e. The van der Waals surface area contributed by atoms with Crippen LogP contribution in [0, 0.1) is 13.8 Å². The molecule has 0 saturated heterocycles. The fraction of sp³-hybridized carbons (Fsp3) is 0.500. The molecular weight excluding hydrogens is 190 g/mol. The Morgan fingerprint density at radius 1 is 1.62 bits per heavy atom. The number of aromatic nitrogens is 2. The smallest absolute Gasteiger partial charge is 0.123 e. The quantitative estimate of drug-likeness (QED) is 0.345. The Hall–Kier alpha value is -1.03. The number of halogens is 1.